The highest BCUT2D eigenvalue weighted by Gasteiger charge is 2.25. The maximum Gasteiger partial charge on any atom is 0.159 e. The van der Waals surface area contributed by atoms with Crippen molar-refractivity contribution >= 4 is 22.3 Å². The molecule has 2 heterocycles. The number of likely N-dealkylation sites (tertiary alicyclic amines) is 1. The molecule has 2 aromatic carbocycles. The summed E-state index contributed by atoms with van der Waals surface area (Å²) in [6, 6.07) is 14.2. The van der Waals surface area contributed by atoms with Crippen LogP contribution in [0.25, 0.3) is 16.5 Å². The Kier molecular flexibility index (Phi) is 7.27. The normalized spacial score (nSPS) is 15.5. The Bertz CT molecular complexity index is 1190. The molecule has 3 aromatic rings. The fourth-order valence-corrected chi connectivity index (χ4v) is 4.79. The van der Waals surface area contributed by atoms with Gasteiger partial charge in [-0.15, -0.1) is 10.2 Å². The van der Waals surface area contributed by atoms with E-state index in [1.165, 1.54) is 5.56 Å². The third kappa shape index (κ3) is 4.97. The van der Waals surface area contributed by atoms with Gasteiger partial charge in [0.25, 0.3) is 0 Å². The molecular formula is C28H34FN5. The first-order valence-corrected chi connectivity index (χ1v) is 11.8. The monoisotopic (exact) mass is 459 g/mol. The minimum atomic E-state index is -0.138. The number of benzene rings is 2. The van der Waals surface area contributed by atoms with Crippen LogP contribution in [-0.4, -0.2) is 60.3 Å². The summed E-state index contributed by atoms with van der Waals surface area (Å²) in [5, 5.41) is 11.6. The number of fused-ring (bicyclic) bond motifs is 1. The lowest BCUT2D eigenvalue weighted by Crippen LogP contribution is -2.43. The van der Waals surface area contributed by atoms with Crippen molar-refractivity contribution in [3.63, 3.8) is 0 Å². The second-order valence-electron chi connectivity index (χ2n) is 9.30. The minimum Gasteiger partial charge on any atom is -0.376 e. The highest BCUT2D eigenvalue weighted by molar-refractivity contribution is 5.98. The van der Waals surface area contributed by atoms with Gasteiger partial charge in [-0.1, -0.05) is 49.1 Å². The standard InChI is InChI=1S/C28H34FN5/c1-6-9-26(32(3)4)27-23-10-7-8-11-24(23)28(31-30-27)33(5)22-14-16-34(17-15-22)19-21-12-13-25(29)20(2)18-21/h6-13,18,22H,1,14-17,19H2,2-5H3/b26-9-. The highest BCUT2D eigenvalue weighted by atomic mass is 19.1. The van der Waals surface area contributed by atoms with Crippen molar-refractivity contribution < 1.29 is 4.39 Å². The number of aromatic nitrogens is 2. The number of piperidine rings is 1. The van der Waals surface area contributed by atoms with E-state index >= 15 is 0 Å². The van der Waals surface area contributed by atoms with Gasteiger partial charge in [-0.05, 0) is 43.0 Å². The van der Waals surface area contributed by atoms with Gasteiger partial charge in [-0.3, -0.25) is 4.90 Å². The van der Waals surface area contributed by atoms with Crippen molar-refractivity contribution in [3.05, 3.63) is 83.8 Å². The minimum absolute atomic E-state index is 0.138. The van der Waals surface area contributed by atoms with Gasteiger partial charge in [0.05, 0.1) is 5.70 Å². The molecule has 1 aromatic heterocycles. The lowest BCUT2D eigenvalue weighted by Gasteiger charge is -2.37. The van der Waals surface area contributed by atoms with E-state index in [1.54, 1.807) is 12.1 Å². The first-order chi connectivity index (χ1) is 16.4. The Morgan fingerprint density at radius 1 is 1.09 bits per heavy atom. The molecule has 34 heavy (non-hydrogen) atoms. The van der Waals surface area contributed by atoms with Crippen molar-refractivity contribution in [2.24, 2.45) is 0 Å². The zero-order valence-corrected chi connectivity index (χ0v) is 20.6. The molecule has 0 aliphatic carbocycles. The van der Waals surface area contributed by atoms with Gasteiger partial charge in [0.2, 0.25) is 0 Å². The number of rotatable bonds is 7. The molecule has 0 N–H and O–H groups in total. The fraction of sp³-hybridized carbons (Fsp3) is 0.357. The van der Waals surface area contributed by atoms with Crippen LogP contribution in [0.5, 0.6) is 0 Å². The molecule has 1 aliphatic heterocycles. The van der Waals surface area contributed by atoms with Gasteiger partial charge < -0.3 is 9.80 Å². The van der Waals surface area contributed by atoms with Crippen molar-refractivity contribution in [3.8, 4) is 0 Å². The molecule has 178 valence electrons. The lowest BCUT2D eigenvalue weighted by atomic mass is 10.0. The molecule has 0 bridgehead atoms. The molecule has 1 fully saturated rings. The van der Waals surface area contributed by atoms with Crippen LogP contribution >= 0.6 is 0 Å². The first kappa shape index (κ1) is 23.9. The van der Waals surface area contributed by atoms with Crippen LogP contribution in [0.3, 0.4) is 0 Å². The summed E-state index contributed by atoms with van der Waals surface area (Å²) in [5.74, 6) is 0.782. The van der Waals surface area contributed by atoms with Gasteiger partial charge in [0, 0.05) is 57.6 Å². The van der Waals surface area contributed by atoms with Gasteiger partial charge in [-0.2, -0.15) is 0 Å². The lowest BCUT2D eigenvalue weighted by molar-refractivity contribution is 0.203. The summed E-state index contributed by atoms with van der Waals surface area (Å²) in [5.41, 5.74) is 3.73. The van der Waals surface area contributed by atoms with Gasteiger partial charge in [0.1, 0.15) is 11.5 Å². The number of hydrogen-bond donors (Lipinski definition) is 0. The van der Waals surface area contributed by atoms with Crippen LogP contribution in [-0.2, 0) is 6.54 Å². The fourth-order valence-electron chi connectivity index (χ4n) is 4.79. The Morgan fingerprint density at radius 3 is 2.44 bits per heavy atom. The van der Waals surface area contributed by atoms with Crippen LogP contribution < -0.4 is 4.90 Å². The predicted molar refractivity (Wildman–Crippen MR) is 139 cm³/mol. The summed E-state index contributed by atoms with van der Waals surface area (Å²) in [6.07, 6.45) is 5.85. The summed E-state index contributed by atoms with van der Waals surface area (Å²) >= 11 is 0. The summed E-state index contributed by atoms with van der Waals surface area (Å²) in [6.45, 7) is 8.54. The molecular weight excluding hydrogens is 425 g/mol. The molecule has 0 radical (unpaired) electrons. The average molecular weight is 460 g/mol. The van der Waals surface area contributed by atoms with Crippen molar-refractivity contribution in [1.29, 1.82) is 0 Å². The first-order valence-electron chi connectivity index (χ1n) is 11.8. The smallest absolute Gasteiger partial charge is 0.159 e. The number of allylic oxidation sites excluding steroid dienone is 2. The van der Waals surface area contributed by atoms with E-state index in [9.17, 15) is 4.39 Å². The predicted octanol–water partition coefficient (Wildman–Crippen LogP) is 5.27. The Balaban J connectivity index is 1.52. The largest absolute Gasteiger partial charge is 0.376 e. The van der Waals surface area contributed by atoms with Gasteiger partial charge in [-0.25, -0.2) is 4.39 Å². The van der Waals surface area contributed by atoms with Gasteiger partial charge >= 0.3 is 0 Å². The van der Waals surface area contributed by atoms with Crippen LogP contribution in [0.4, 0.5) is 10.2 Å². The summed E-state index contributed by atoms with van der Waals surface area (Å²) < 4.78 is 13.6. The highest BCUT2D eigenvalue weighted by Crippen LogP contribution is 2.32. The molecule has 1 saturated heterocycles. The van der Waals surface area contributed by atoms with Crippen molar-refractivity contribution in [2.75, 3.05) is 39.1 Å². The molecule has 0 atom stereocenters. The van der Waals surface area contributed by atoms with Crippen molar-refractivity contribution in [1.82, 2.24) is 20.0 Å². The van der Waals surface area contributed by atoms with E-state index < -0.39 is 0 Å². The Hall–Kier alpha value is -3.25. The number of halogens is 1. The van der Waals surface area contributed by atoms with Crippen LogP contribution in [0, 0.1) is 12.7 Å². The Labute approximate surface area is 202 Å². The average Bonchev–Trinajstić information content (AvgIpc) is 2.84. The molecule has 5 nitrogen and oxygen atoms in total. The Morgan fingerprint density at radius 2 is 1.79 bits per heavy atom. The van der Waals surface area contributed by atoms with Crippen molar-refractivity contribution in [2.45, 2.75) is 32.4 Å². The van der Waals surface area contributed by atoms with E-state index in [2.05, 4.69) is 46.7 Å². The van der Waals surface area contributed by atoms with E-state index in [0.29, 0.717) is 11.6 Å². The second kappa shape index (κ2) is 10.3. The summed E-state index contributed by atoms with van der Waals surface area (Å²) in [4.78, 5) is 6.79. The quantitative estimate of drug-likeness (QED) is 0.450. The SMILES string of the molecule is C=C/C=C(/c1nnc(N(C)C2CCN(Cc3ccc(F)c(C)c3)CC2)c2ccccc12)N(C)C. The number of aryl methyl sites for hydroxylation is 1. The van der Waals surface area contributed by atoms with E-state index in [-0.39, 0.29) is 5.82 Å². The topological polar surface area (TPSA) is 35.5 Å². The molecule has 6 heteroatoms. The maximum absolute atomic E-state index is 13.6. The van der Waals surface area contributed by atoms with E-state index in [1.807, 2.05) is 50.2 Å². The number of anilines is 1. The zero-order chi connectivity index (χ0) is 24.2. The van der Waals surface area contributed by atoms with Crippen LogP contribution in [0.15, 0.2) is 61.2 Å². The van der Waals surface area contributed by atoms with Crippen LogP contribution in [0.1, 0.15) is 29.7 Å². The zero-order valence-electron chi connectivity index (χ0n) is 20.6. The number of hydrogen-bond acceptors (Lipinski definition) is 5. The van der Waals surface area contributed by atoms with E-state index in [0.717, 1.165) is 60.5 Å². The maximum atomic E-state index is 13.6. The third-order valence-corrected chi connectivity index (χ3v) is 6.74. The molecule has 4 rings (SSSR count). The van der Waals surface area contributed by atoms with E-state index in [4.69, 9.17) is 5.10 Å². The molecule has 0 spiro atoms. The number of nitrogens with zero attached hydrogens (tertiary/aromatic N) is 5. The molecule has 0 unspecified atom stereocenters. The second-order valence-corrected chi connectivity index (χ2v) is 9.30. The van der Waals surface area contributed by atoms with Crippen LogP contribution in [0.2, 0.25) is 0 Å². The molecule has 1 aliphatic rings. The summed E-state index contributed by atoms with van der Waals surface area (Å²) in [7, 11) is 6.14. The third-order valence-electron chi connectivity index (χ3n) is 6.74. The molecule has 0 saturated carbocycles. The molecule has 0 amide bonds. The van der Waals surface area contributed by atoms with Gasteiger partial charge in [0.15, 0.2) is 5.82 Å².